The van der Waals surface area contributed by atoms with Gasteiger partial charge >= 0.3 is 0 Å². The van der Waals surface area contributed by atoms with Gasteiger partial charge in [0.1, 0.15) is 40.3 Å². The van der Waals surface area contributed by atoms with Crippen LogP contribution >= 0.6 is 0 Å². The first-order valence-corrected chi connectivity index (χ1v) is 22.1. The van der Waals surface area contributed by atoms with Crippen LogP contribution in [0.5, 0.6) is 46.3 Å². The van der Waals surface area contributed by atoms with Crippen molar-refractivity contribution in [2.45, 2.75) is 0 Å². The van der Waals surface area contributed by atoms with Gasteiger partial charge in [-0.2, -0.15) is 0 Å². The molecule has 0 spiro atoms. The maximum Gasteiger partial charge on any atom is 0.262 e. The molecule has 314 valence electrons. The number of benzene rings is 6. The number of hydrogen-bond donors (Lipinski definition) is 0. The molecule has 0 saturated carbocycles. The second-order valence-electron chi connectivity index (χ2n) is 17.5. The maximum atomic E-state index is 6.60. The molecule has 13 heteroatoms. The molecule has 0 atom stereocenters. The highest BCUT2D eigenvalue weighted by molar-refractivity contribution is 6.99. The van der Waals surface area contributed by atoms with Gasteiger partial charge in [0.25, 0.3) is 13.4 Å². The predicted octanol–water partition coefficient (Wildman–Crippen LogP) is 6.00. The lowest BCUT2D eigenvalue weighted by molar-refractivity contribution is -0.649. The summed E-state index contributed by atoms with van der Waals surface area (Å²) in [4.78, 5) is 9.81. The monoisotopic (exact) mass is 866 g/mol. The van der Waals surface area contributed by atoms with Gasteiger partial charge in [-0.1, -0.05) is 91.0 Å². The van der Waals surface area contributed by atoms with Crippen LogP contribution < -0.4 is 60.9 Å². The number of ether oxygens (including phenoxy) is 4. The number of imidazole rings is 2. The molecule has 15 rings (SSSR count). The minimum atomic E-state index is -0.209. The van der Waals surface area contributed by atoms with E-state index in [4.69, 9.17) is 33.3 Å². The summed E-state index contributed by atoms with van der Waals surface area (Å²) in [5, 5.41) is 0. The van der Waals surface area contributed by atoms with Crippen LogP contribution in [-0.4, -0.2) is 32.5 Å². The number of aromatic nitrogens is 6. The molecule has 0 bridgehead atoms. The molecule has 0 unspecified atom stereocenters. The summed E-state index contributed by atoms with van der Waals surface area (Å²) >= 11 is 0. The molecule has 0 radical (unpaired) electrons. The third-order valence-corrected chi connectivity index (χ3v) is 13.7. The SMILES string of the molecule is C[n+]1[c-]n(-c2cnc3c(c2)B2c4cc(-c5coc(-c6ccc7c(c6)B6c8cc(-n9[c-][n+](C)c%10ccccc%109)cnc8Oc8cccc(c86)O7)c5)ccc4Oc4cccc(c42)O3)c2ccccc21. The molecule has 0 aliphatic carbocycles. The van der Waals surface area contributed by atoms with Crippen LogP contribution in [0.1, 0.15) is 0 Å². The third-order valence-electron chi connectivity index (χ3n) is 13.7. The molecule has 9 heterocycles. The topological polar surface area (TPSA) is 93.5 Å². The largest absolute Gasteiger partial charge is 0.464 e. The smallest absolute Gasteiger partial charge is 0.262 e. The average Bonchev–Trinajstić information content (AvgIpc) is 4.09. The molecule has 4 aliphatic rings. The Labute approximate surface area is 383 Å². The number of para-hydroxylation sites is 4. The van der Waals surface area contributed by atoms with Gasteiger partial charge in [0, 0.05) is 34.4 Å². The molecule has 4 aliphatic heterocycles. The fourth-order valence-corrected chi connectivity index (χ4v) is 10.6. The van der Waals surface area contributed by atoms with E-state index < -0.39 is 0 Å². The number of furan rings is 1. The Morgan fingerprint density at radius 1 is 0.463 bits per heavy atom. The second-order valence-corrected chi connectivity index (χ2v) is 17.5. The van der Waals surface area contributed by atoms with Crippen molar-refractivity contribution in [1.29, 1.82) is 0 Å². The van der Waals surface area contributed by atoms with Crippen LogP contribution in [-0.2, 0) is 14.1 Å². The van der Waals surface area contributed by atoms with Crippen molar-refractivity contribution in [2.24, 2.45) is 14.1 Å². The molecular formula is C54H32B2N6O5. The van der Waals surface area contributed by atoms with Crippen molar-refractivity contribution in [2.75, 3.05) is 0 Å². The summed E-state index contributed by atoms with van der Waals surface area (Å²) in [7, 11) is 4.01. The summed E-state index contributed by atoms with van der Waals surface area (Å²) < 4.78 is 40.7. The number of pyridine rings is 2. The summed E-state index contributed by atoms with van der Waals surface area (Å²) in [5.41, 5.74) is 14.7. The second kappa shape index (κ2) is 13.4. The van der Waals surface area contributed by atoms with Crippen molar-refractivity contribution in [3.05, 3.63) is 171 Å². The van der Waals surface area contributed by atoms with Crippen LogP contribution in [0.4, 0.5) is 0 Å². The number of fused-ring (bicyclic) bond motifs is 10. The fourth-order valence-electron chi connectivity index (χ4n) is 10.6. The first kappa shape index (κ1) is 36.5. The zero-order valence-corrected chi connectivity index (χ0v) is 35.9. The van der Waals surface area contributed by atoms with Crippen molar-refractivity contribution in [3.63, 3.8) is 0 Å². The van der Waals surface area contributed by atoms with E-state index in [-0.39, 0.29) is 13.4 Å². The first-order chi connectivity index (χ1) is 33.0. The Balaban J connectivity index is 0.818. The zero-order valence-electron chi connectivity index (χ0n) is 35.9. The van der Waals surface area contributed by atoms with E-state index in [0.29, 0.717) is 11.8 Å². The molecule has 67 heavy (non-hydrogen) atoms. The van der Waals surface area contributed by atoms with Gasteiger partial charge in [-0.25, -0.2) is 9.97 Å². The summed E-state index contributed by atoms with van der Waals surface area (Å²) in [5.74, 6) is 6.41. The maximum absolute atomic E-state index is 6.60. The predicted molar refractivity (Wildman–Crippen MR) is 254 cm³/mol. The van der Waals surface area contributed by atoms with Gasteiger partial charge < -0.3 is 41.6 Å². The highest BCUT2D eigenvalue weighted by Gasteiger charge is 2.43. The quantitative estimate of drug-likeness (QED) is 0.122. The third kappa shape index (κ3) is 5.24. The Hall–Kier alpha value is -8.83. The molecule has 11 nitrogen and oxygen atoms in total. The highest BCUT2D eigenvalue weighted by atomic mass is 16.5. The number of nitrogens with zero attached hydrogens (tertiary/aromatic N) is 6. The molecular weight excluding hydrogens is 834 g/mol. The van der Waals surface area contributed by atoms with E-state index in [1.54, 1.807) is 0 Å². The number of rotatable bonds is 4. The molecule has 0 amide bonds. The van der Waals surface area contributed by atoms with Gasteiger partial charge in [0.2, 0.25) is 24.4 Å². The van der Waals surface area contributed by atoms with Gasteiger partial charge in [0.05, 0.1) is 53.8 Å². The Bertz CT molecular complexity index is 3690. The summed E-state index contributed by atoms with van der Waals surface area (Å²) in [6, 6.07) is 47.5. The minimum absolute atomic E-state index is 0.198. The van der Waals surface area contributed by atoms with E-state index >= 15 is 0 Å². The highest BCUT2D eigenvalue weighted by Crippen LogP contribution is 2.39. The molecule has 5 aromatic heterocycles. The van der Waals surface area contributed by atoms with Crippen molar-refractivity contribution in [3.8, 4) is 80.1 Å². The fraction of sp³-hybridized carbons (Fsp3) is 0.0370. The zero-order chi connectivity index (χ0) is 44.1. The van der Waals surface area contributed by atoms with Gasteiger partial charge in [-0.3, -0.25) is 0 Å². The first-order valence-electron chi connectivity index (χ1n) is 22.1. The number of hydrogen-bond acceptors (Lipinski definition) is 7. The molecule has 6 aromatic carbocycles. The van der Waals surface area contributed by atoms with Crippen LogP contribution in [0.15, 0.2) is 163 Å². The van der Waals surface area contributed by atoms with Crippen molar-refractivity contribution >= 4 is 68.3 Å². The van der Waals surface area contributed by atoms with Gasteiger partial charge in [-0.05, 0) is 75.9 Å². The lowest BCUT2D eigenvalue weighted by Gasteiger charge is -2.32. The van der Waals surface area contributed by atoms with Crippen molar-refractivity contribution < 1.29 is 32.5 Å². The van der Waals surface area contributed by atoms with Crippen LogP contribution in [0.3, 0.4) is 0 Å². The van der Waals surface area contributed by atoms with Gasteiger partial charge in [0.15, 0.2) is 0 Å². The van der Waals surface area contributed by atoms with Crippen LogP contribution in [0.2, 0.25) is 0 Å². The number of aryl methyl sites for hydroxylation is 2. The Morgan fingerprint density at radius 2 is 0.955 bits per heavy atom. The van der Waals surface area contributed by atoms with Crippen molar-refractivity contribution in [1.82, 2.24) is 19.1 Å². The Morgan fingerprint density at radius 3 is 1.51 bits per heavy atom. The Kier molecular flexibility index (Phi) is 7.28. The van der Waals surface area contributed by atoms with E-state index in [0.717, 1.165) is 123 Å². The minimum Gasteiger partial charge on any atom is -0.464 e. The molecule has 0 N–H and O–H groups in total. The van der Waals surface area contributed by atoms with E-state index in [9.17, 15) is 0 Å². The normalized spacial score (nSPS) is 13.3. The molecule has 0 fully saturated rings. The van der Waals surface area contributed by atoms with Crippen LogP contribution in [0.25, 0.3) is 55.9 Å². The lowest BCUT2D eigenvalue weighted by Crippen LogP contribution is -2.57. The molecule has 0 saturated heterocycles. The average molecular weight is 867 g/mol. The standard InChI is InChI=1S/C54H32B2N6O5/c1-59-29-61(42-11-5-3-9-40(42)59)34-24-38-53(57-26-34)66-48-15-7-13-46-51(48)55(38)36-21-31(17-19-44(36)64-46)33-23-50(63-28-33)32-18-20-45-37(22-32)56-39-25-35(62-30-60(2)41-10-4-6-12-43(41)62)27-58-54(39)67-49-16-8-14-47(65-45)52(49)56/h3-28H,1-2H3. The van der Waals surface area contributed by atoms with E-state index in [1.165, 1.54) is 0 Å². The lowest BCUT2D eigenvalue weighted by atomic mass is 9.35. The molecule has 11 aromatic rings. The van der Waals surface area contributed by atoms with Gasteiger partial charge in [-0.15, -0.1) is 0 Å². The summed E-state index contributed by atoms with van der Waals surface area (Å²) in [6.45, 7) is -0.408. The van der Waals surface area contributed by atoms with E-state index in [2.05, 4.69) is 94.6 Å². The van der Waals surface area contributed by atoms with Crippen LogP contribution in [0, 0.1) is 12.7 Å². The summed E-state index contributed by atoms with van der Waals surface area (Å²) in [6.07, 6.45) is 12.5. The van der Waals surface area contributed by atoms with E-state index in [1.807, 2.05) is 109 Å².